The molecule has 2 bridgehead atoms. The van der Waals surface area contributed by atoms with E-state index in [0.717, 1.165) is 12.8 Å². The fourth-order valence-electron chi connectivity index (χ4n) is 3.40. The molecule has 0 aliphatic carbocycles. The fourth-order valence-corrected chi connectivity index (χ4v) is 3.40. The molecule has 2 saturated heterocycles. The van der Waals surface area contributed by atoms with Gasteiger partial charge in [-0.3, -0.25) is 9.59 Å². The highest BCUT2D eigenvalue weighted by molar-refractivity contribution is 5.94. The number of benzene rings is 1. The highest BCUT2D eigenvalue weighted by Crippen LogP contribution is 2.28. The van der Waals surface area contributed by atoms with Crippen molar-refractivity contribution in [2.75, 3.05) is 0 Å². The highest BCUT2D eigenvalue weighted by atomic mass is 16.6. The van der Waals surface area contributed by atoms with Crippen LogP contribution in [0.15, 0.2) is 28.7 Å². The Morgan fingerprint density at radius 3 is 2.64 bits per heavy atom. The second-order valence-corrected chi connectivity index (χ2v) is 6.42. The molecule has 1 aromatic heterocycles. The Kier molecular flexibility index (Phi) is 3.96. The molecule has 0 saturated carbocycles. The lowest BCUT2D eigenvalue weighted by Gasteiger charge is -2.21. The predicted molar refractivity (Wildman–Crippen MR) is 86.6 cm³/mol. The van der Waals surface area contributed by atoms with E-state index in [4.69, 9.17) is 9.15 Å². The zero-order chi connectivity index (χ0) is 17.4. The topological polar surface area (TPSA) is 106 Å². The van der Waals surface area contributed by atoms with Gasteiger partial charge in [0.15, 0.2) is 0 Å². The number of nitrogens with zero attached hydrogens (tertiary/aromatic N) is 2. The third kappa shape index (κ3) is 3.25. The molecular formula is C17H18N4O4. The molecule has 8 nitrogen and oxygen atoms in total. The fraction of sp³-hybridized carbons (Fsp3) is 0.412. The third-order valence-electron chi connectivity index (χ3n) is 4.65. The smallest absolute Gasteiger partial charge is 0.410 e. The van der Waals surface area contributed by atoms with Gasteiger partial charge in [-0.25, -0.2) is 0 Å². The summed E-state index contributed by atoms with van der Waals surface area (Å²) in [7, 11) is 0. The number of amides is 1. The minimum Gasteiger partial charge on any atom is -0.410 e. The van der Waals surface area contributed by atoms with Crippen LogP contribution >= 0.6 is 0 Å². The van der Waals surface area contributed by atoms with Crippen molar-refractivity contribution < 1.29 is 18.7 Å². The number of nitrogens with one attached hydrogen (secondary N) is 2. The Labute approximate surface area is 143 Å². The van der Waals surface area contributed by atoms with Crippen molar-refractivity contribution in [3.05, 3.63) is 35.7 Å². The van der Waals surface area contributed by atoms with Crippen LogP contribution in [0.1, 0.15) is 47.2 Å². The number of ether oxygens (including phenoxy) is 1. The molecule has 2 aliphatic heterocycles. The molecule has 3 atom stereocenters. The van der Waals surface area contributed by atoms with Crippen LogP contribution in [0.3, 0.4) is 0 Å². The zero-order valence-corrected chi connectivity index (χ0v) is 13.7. The molecule has 25 heavy (non-hydrogen) atoms. The monoisotopic (exact) mass is 342 g/mol. The predicted octanol–water partition coefficient (Wildman–Crippen LogP) is 1.69. The first kappa shape index (κ1) is 15.8. The lowest BCUT2D eigenvalue weighted by atomic mass is 9.95. The van der Waals surface area contributed by atoms with Gasteiger partial charge in [0.05, 0.1) is 0 Å². The van der Waals surface area contributed by atoms with Crippen LogP contribution in [0.4, 0.5) is 0 Å². The minimum absolute atomic E-state index is 0.0949. The number of hydrogen-bond acceptors (Lipinski definition) is 7. The summed E-state index contributed by atoms with van der Waals surface area (Å²) in [6.07, 6.45) is 3.20. The van der Waals surface area contributed by atoms with Gasteiger partial charge in [-0.05, 0) is 43.5 Å². The largest absolute Gasteiger partial charge is 0.420 e. The molecule has 1 aromatic carbocycles. The number of Topliss-reactive ketones (excluding diaryl/α,β-unsaturated/α-hetero) is 1. The van der Waals surface area contributed by atoms with E-state index >= 15 is 0 Å². The summed E-state index contributed by atoms with van der Waals surface area (Å²) in [5.74, 6) is -0.0885. The van der Waals surface area contributed by atoms with Gasteiger partial charge < -0.3 is 19.8 Å². The second kappa shape index (κ2) is 6.29. The molecule has 2 fully saturated rings. The van der Waals surface area contributed by atoms with Crippen LogP contribution in [0.25, 0.3) is 0 Å². The van der Waals surface area contributed by atoms with Gasteiger partial charge in [0.2, 0.25) is 5.78 Å². The molecule has 1 amide bonds. The Morgan fingerprint density at radius 1 is 1.24 bits per heavy atom. The molecule has 130 valence electrons. The average Bonchev–Trinajstić information content (AvgIpc) is 3.32. The number of fused-ring (bicyclic) bond motifs is 2. The normalized spacial score (nSPS) is 24.3. The first-order chi connectivity index (χ1) is 12.1. The van der Waals surface area contributed by atoms with Crippen LogP contribution in [-0.2, 0) is 0 Å². The lowest BCUT2D eigenvalue weighted by molar-refractivity contribution is 0.0929. The summed E-state index contributed by atoms with van der Waals surface area (Å²) >= 11 is 0. The van der Waals surface area contributed by atoms with E-state index in [1.165, 1.54) is 13.3 Å². The molecule has 2 N–H and O–H groups in total. The van der Waals surface area contributed by atoms with Gasteiger partial charge in [-0.15, -0.1) is 5.10 Å². The van der Waals surface area contributed by atoms with Gasteiger partial charge in [0.1, 0.15) is 5.75 Å². The van der Waals surface area contributed by atoms with Crippen LogP contribution in [0.2, 0.25) is 0 Å². The number of ketones is 1. The Balaban J connectivity index is 1.37. The number of carbonyl (C=O) groups is 2. The van der Waals surface area contributed by atoms with Crippen molar-refractivity contribution >= 4 is 11.7 Å². The molecular weight excluding hydrogens is 324 g/mol. The lowest BCUT2D eigenvalue weighted by Crippen LogP contribution is -2.42. The molecule has 0 radical (unpaired) electrons. The first-order valence-electron chi connectivity index (χ1n) is 8.28. The zero-order valence-electron chi connectivity index (χ0n) is 13.7. The van der Waals surface area contributed by atoms with E-state index in [-0.39, 0.29) is 29.7 Å². The summed E-state index contributed by atoms with van der Waals surface area (Å²) in [5, 5.41) is 13.8. The maximum absolute atomic E-state index is 12.4. The van der Waals surface area contributed by atoms with Crippen LogP contribution < -0.4 is 15.4 Å². The SMILES string of the molecule is CC(=O)c1nnc(Oc2ccc(C(=O)NC3CC4CCC3N4)cc2)o1. The minimum atomic E-state index is -0.329. The van der Waals surface area contributed by atoms with Crippen molar-refractivity contribution in [1.82, 2.24) is 20.8 Å². The number of carbonyl (C=O) groups excluding carboxylic acids is 2. The number of aromatic nitrogens is 2. The van der Waals surface area contributed by atoms with E-state index in [9.17, 15) is 9.59 Å². The van der Waals surface area contributed by atoms with Crippen molar-refractivity contribution in [3.63, 3.8) is 0 Å². The molecule has 2 aromatic rings. The first-order valence-corrected chi connectivity index (χ1v) is 8.28. The molecule has 8 heteroatoms. The highest BCUT2D eigenvalue weighted by Gasteiger charge is 2.39. The molecule has 4 rings (SSSR count). The Morgan fingerprint density at radius 2 is 2.04 bits per heavy atom. The quantitative estimate of drug-likeness (QED) is 0.796. The van der Waals surface area contributed by atoms with Crippen LogP contribution in [0, 0.1) is 0 Å². The summed E-state index contributed by atoms with van der Waals surface area (Å²) in [6, 6.07) is 7.77. The van der Waals surface area contributed by atoms with E-state index in [0.29, 0.717) is 23.4 Å². The second-order valence-electron chi connectivity index (χ2n) is 6.42. The molecule has 3 unspecified atom stereocenters. The molecule has 0 spiro atoms. The summed E-state index contributed by atoms with van der Waals surface area (Å²) < 4.78 is 10.4. The number of hydrogen-bond donors (Lipinski definition) is 2. The van der Waals surface area contributed by atoms with Crippen LogP contribution in [-0.4, -0.2) is 40.0 Å². The Bertz CT molecular complexity index is 801. The van der Waals surface area contributed by atoms with Gasteiger partial charge in [-0.1, -0.05) is 5.10 Å². The van der Waals surface area contributed by atoms with E-state index in [2.05, 4.69) is 20.8 Å². The van der Waals surface area contributed by atoms with Crippen molar-refractivity contribution in [1.29, 1.82) is 0 Å². The standard InChI is InChI=1S/C17H18N4O4/c1-9(22)16-20-21-17(25-16)24-12-5-2-10(3-6-12)15(23)19-14-8-11-4-7-13(14)18-11/h2-3,5-6,11,13-14,18H,4,7-8H2,1H3,(H,19,23). The van der Waals surface area contributed by atoms with Gasteiger partial charge in [0, 0.05) is 30.6 Å². The maximum atomic E-state index is 12.4. The third-order valence-corrected chi connectivity index (χ3v) is 4.65. The Hall–Kier alpha value is -2.74. The number of rotatable bonds is 5. The van der Waals surface area contributed by atoms with Crippen molar-refractivity contribution in [2.24, 2.45) is 0 Å². The molecule has 2 aliphatic rings. The summed E-state index contributed by atoms with van der Waals surface area (Å²) in [6.45, 7) is 1.33. The van der Waals surface area contributed by atoms with Crippen molar-refractivity contribution in [2.45, 2.75) is 44.3 Å². The van der Waals surface area contributed by atoms with Gasteiger partial charge >= 0.3 is 6.08 Å². The molecule has 3 heterocycles. The van der Waals surface area contributed by atoms with Gasteiger partial charge in [0.25, 0.3) is 11.8 Å². The summed E-state index contributed by atoms with van der Waals surface area (Å²) in [4.78, 5) is 23.5. The average molecular weight is 342 g/mol. The van der Waals surface area contributed by atoms with Gasteiger partial charge in [-0.2, -0.15) is 0 Å². The van der Waals surface area contributed by atoms with E-state index in [1.807, 2.05) is 0 Å². The van der Waals surface area contributed by atoms with E-state index < -0.39 is 0 Å². The summed E-state index contributed by atoms with van der Waals surface area (Å²) in [5.41, 5.74) is 0.560. The van der Waals surface area contributed by atoms with Crippen LogP contribution in [0.5, 0.6) is 11.8 Å². The maximum Gasteiger partial charge on any atom is 0.420 e. The van der Waals surface area contributed by atoms with E-state index in [1.54, 1.807) is 24.3 Å². The van der Waals surface area contributed by atoms with Crippen molar-refractivity contribution in [3.8, 4) is 11.8 Å².